The van der Waals surface area contributed by atoms with Crippen molar-refractivity contribution < 1.29 is 0 Å². The molecule has 1 aliphatic heterocycles. The van der Waals surface area contributed by atoms with E-state index in [0.29, 0.717) is 5.41 Å². The van der Waals surface area contributed by atoms with Crippen molar-refractivity contribution >= 4 is 0 Å². The highest BCUT2D eigenvalue weighted by Crippen LogP contribution is 2.18. The van der Waals surface area contributed by atoms with Gasteiger partial charge in [0.1, 0.15) is 0 Å². The van der Waals surface area contributed by atoms with Crippen LogP contribution in [0.4, 0.5) is 0 Å². The zero-order valence-corrected chi connectivity index (χ0v) is 13.1. The first-order valence-electron chi connectivity index (χ1n) is 7.48. The van der Waals surface area contributed by atoms with Crippen molar-refractivity contribution in [3.05, 3.63) is 0 Å². The minimum Gasteiger partial charge on any atom is -0.314 e. The van der Waals surface area contributed by atoms with Gasteiger partial charge in [-0.3, -0.25) is 0 Å². The van der Waals surface area contributed by atoms with Crippen molar-refractivity contribution in [2.24, 2.45) is 11.3 Å². The first-order chi connectivity index (χ1) is 8.37. The predicted octanol–water partition coefficient (Wildman–Crippen LogP) is 1.90. The van der Waals surface area contributed by atoms with E-state index in [2.05, 4.69) is 49.9 Å². The highest BCUT2D eigenvalue weighted by Gasteiger charge is 2.16. The van der Waals surface area contributed by atoms with Crippen LogP contribution in [0.2, 0.25) is 0 Å². The van der Waals surface area contributed by atoms with Crippen molar-refractivity contribution in [2.45, 2.75) is 34.1 Å². The molecule has 0 bridgehead atoms. The maximum atomic E-state index is 3.41. The summed E-state index contributed by atoms with van der Waals surface area (Å²) in [5.41, 5.74) is 0.454. The second-order valence-electron chi connectivity index (χ2n) is 7.23. The van der Waals surface area contributed by atoms with E-state index in [1.165, 1.54) is 39.1 Å². The van der Waals surface area contributed by atoms with Crippen LogP contribution in [0.25, 0.3) is 0 Å². The maximum Gasteiger partial charge on any atom is 0.0107 e. The van der Waals surface area contributed by atoms with Gasteiger partial charge in [0.05, 0.1) is 0 Å². The number of nitrogens with zero attached hydrogens (tertiary/aromatic N) is 2. The van der Waals surface area contributed by atoms with E-state index in [1.807, 2.05) is 0 Å². The molecule has 0 saturated carbocycles. The molecule has 0 aromatic rings. The highest BCUT2D eigenvalue weighted by atomic mass is 15.2. The van der Waals surface area contributed by atoms with Crippen molar-refractivity contribution in [1.29, 1.82) is 0 Å². The molecule has 108 valence electrons. The third-order valence-electron chi connectivity index (χ3n) is 3.65. The number of nitrogens with one attached hydrogen (secondary N) is 1. The molecule has 0 aliphatic carbocycles. The maximum absolute atomic E-state index is 3.41. The van der Waals surface area contributed by atoms with Gasteiger partial charge in [-0.05, 0) is 31.3 Å². The molecule has 0 radical (unpaired) electrons. The van der Waals surface area contributed by atoms with Gasteiger partial charge in [0.2, 0.25) is 0 Å². The zero-order chi connectivity index (χ0) is 13.6. The van der Waals surface area contributed by atoms with E-state index < -0.39 is 0 Å². The van der Waals surface area contributed by atoms with Crippen LogP contribution in [0, 0.1) is 11.3 Å². The summed E-state index contributed by atoms with van der Waals surface area (Å²) < 4.78 is 0. The Hall–Kier alpha value is -0.120. The molecule has 1 aliphatic rings. The third-order valence-corrected chi connectivity index (χ3v) is 3.65. The molecule has 1 atom stereocenters. The van der Waals surface area contributed by atoms with E-state index in [1.54, 1.807) is 0 Å². The second-order valence-corrected chi connectivity index (χ2v) is 7.23. The lowest BCUT2D eigenvalue weighted by molar-refractivity contribution is 0.176. The fourth-order valence-corrected chi connectivity index (χ4v) is 2.54. The number of rotatable bonds is 6. The minimum absolute atomic E-state index is 0.454. The molecule has 1 N–H and O–H groups in total. The van der Waals surface area contributed by atoms with Crippen molar-refractivity contribution in [1.82, 2.24) is 15.1 Å². The average molecular weight is 255 g/mol. The van der Waals surface area contributed by atoms with Crippen molar-refractivity contribution in [3.63, 3.8) is 0 Å². The summed E-state index contributed by atoms with van der Waals surface area (Å²) >= 11 is 0. The van der Waals surface area contributed by atoms with Crippen LogP contribution < -0.4 is 5.32 Å². The molecule has 18 heavy (non-hydrogen) atoms. The topological polar surface area (TPSA) is 18.5 Å². The number of hydrogen-bond acceptors (Lipinski definition) is 3. The largest absolute Gasteiger partial charge is 0.314 e. The number of piperazine rings is 1. The molecule has 0 aromatic carbocycles. The van der Waals surface area contributed by atoms with Crippen LogP contribution in [0.1, 0.15) is 34.1 Å². The van der Waals surface area contributed by atoms with Gasteiger partial charge in [0.15, 0.2) is 0 Å². The quantitative estimate of drug-likeness (QED) is 0.782. The third kappa shape index (κ3) is 7.34. The second kappa shape index (κ2) is 7.46. The standard InChI is InChI=1S/C15H33N3/c1-14(13-18-10-7-16-8-11-18)12-17(5)9-6-15(2,3)4/h14,16H,6-13H2,1-5H3. The molecule has 0 spiro atoms. The normalized spacial score (nSPS) is 20.3. The first-order valence-corrected chi connectivity index (χ1v) is 7.48. The molecule has 0 amide bonds. The van der Waals surface area contributed by atoms with Gasteiger partial charge >= 0.3 is 0 Å². The van der Waals surface area contributed by atoms with Gasteiger partial charge in [-0.2, -0.15) is 0 Å². The van der Waals surface area contributed by atoms with Crippen LogP contribution in [0.15, 0.2) is 0 Å². The van der Waals surface area contributed by atoms with Gasteiger partial charge in [0.25, 0.3) is 0 Å². The summed E-state index contributed by atoms with van der Waals surface area (Å²) in [4.78, 5) is 5.09. The van der Waals surface area contributed by atoms with Crippen LogP contribution in [0.3, 0.4) is 0 Å². The zero-order valence-electron chi connectivity index (χ0n) is 13.1. The minimum atomic E-state index is 0.454. The van der Waals surface area contributed by atoms with Gasteiger partial charge in [-0.25, -0.2) is 0 Å². The fraction of sp³-hybridized carbons (Fsp3) is 1.00. The lowest BCUT2D eigenvalue weighted by Crippen LogP contribution is -2.46. The first kappa shape index (κ1) is 15.9. The summed E-state index contributed by atoms with van der Waals surface area (Å²) in [5.74, 6) is 0.771. The smallest absolute Gasteiger partial charge is 0.0107 e. The lowest BCUT2D eigenvalue weighted by Gasteiger charge is -2.31. The molecule has 1 saturated heterocycles. The predicted molar refractivity (Wildman–Crippen MR) is 80.0 cm³/mol. The molecule has 1 heterocycles. The Morgan fingerprint density at radius 3 is 2.39 bits per heavy atom. The van der Waals surface area contributed by atoms with E-state index in [0.717, 1.165) is 19.0 Å². The Balaban J connectivity index is 2.16. The molecule has 3 nitrogen and oxygen atoms in total. The van der Waals surface area contributed by atoms with Crippen LogP contribution in [0.5, 0.6) is 0 Å². The van der Waals surface area contributed by atoms with E-state index in [4.69, 9.17) is 0 Å². The average Bonchev–Trinajstić information content (AvgIpc) is 2.26. The monoisotopic (exact) mass is 255 g/mol. The Kier molecular flexibility index (Phi) is 6.61. The van der Waals surface area contributed by atoms with Gasteiger partial charge in [-0.1, -0.05) is 27.7 Å². The highest BCUT2D eigenvalue weighted by molar-refractivity contribution is 4.72. The summed E-state index contributed by atoms with van der Waals surface area (Å²) in [7, 11) is 2.26. The molecule has 1 unspecified atom stereocenters. The van der Waals surface area contributed by atoms with Gasteiger partial charge in [-0.15, -0.1) is 0 Å². The Bertz CT molecular complexity index is 216. The van der Waals surface area contributed by atoms with E-state index in [-0.39, 0.29) is 0 Å². The van der Waals surface area contributed by atoms with Crippen molar-refractivity contribution in [2.75, 3.05) is 52.9 Å². The van der Waals surface area contributed by atoms with E-state index in [9.17, 15) is 0 Å². The van der Waals surface area contributed by atoms with Crippen LogP contribution in [-0.4, -0.2) is 62.7 Å². The van der Waals surface area contributed by atoms with Gasteiger partial charge in [0, 0.05) is 39.3 Å². The lowest BCUT2D eigenvalue weighted by atomic mass is 9.92. The number of hydrogen-bond donors (Lipinski definition) is 1. The molecular formula is C15H33N3. The summed E-state index contributed by atoms with van der Waals surface area (Å²) in [6.45, 7) is 17.8. The Morgan fingerprint density at radius 2 is 1.83 bits per heavy atom. The molecule has 0 aromatic heterocycles. The molecular weight excluding hydrogens is 222 g/mol. The van der Waals surface area contributed by atoms with Crippen LogP contribution >= 0.6 is 0 Å². The van der Waals surface area contributed by atoms with E-state index >= 15 is 0 Å². The van der Waals surface area contributed by atoms with Crippen LogP contribution in [-0.2, 0) is 0 Å². The van der Waals surface area contributed by atoms with Crippen molar-refractivity contribution in [3.8, 4) is 0 Å². The van der Waals surface area contributed by atoms with Gasteiger partial charge < -0.3 is 15.1 Å². The summed E-state index contributed by atoms with van der Waals surface area (Å²) in [5, 5.41) is 3.41. The fourth-order valence-electron chi connectivity index (χ4n) is 2.54. The Labute approximate surface area is 114 Å². The summed E-state index contributed by atoms with van der Waals surface area (Å²) in [6.07, 6.45) is 1.28. The Morgan fingerprint density at radius 1 is 1.22 bits per heavy atom. The molecule has 1 rings (SSSR count). The molecule has 1 fully saturated rings. The SMILES string of the molecule is CC(CN(C)CCC(C)(C)C)CN1CCNCC1. The summed E-state index contributed by atoms with van der Waals surface area (Å²) in [6, 6.07) is 0. The molecule has 3 heteroatoms.